The van der Waals surface area contributed by atoms with Crippen LogP contribution in [0.5, 0.6) is 0 Å². The minimum atomic E-state index is -1.54. The van der Waals surface area contributed by atoms with Crippen LogP contribution in [0.25, 0.3) is 0 Å². The number of hydrogen-bond donors (Lipinski definition) is 3. The van der Waals surface area contributed by atoms with Gasteiger partial charge >= 0.3 is 12.1 Å². The SMILES string of the molecule is O=C(O)C1c2nn(C(c3ccccc3)(c3ccccc3)c3ccccc3)cc2C(O)CN1C(=O)O. The molecule has 8 nitrogen and oxygen atoms in total. The Kier molecular flexibility index (Phi) is 5.58. The van der Waals surface area contributed by atoms with Gasteiger partial charge in [0.15, 0.2) is 6.04 Å². The predicted octanol–water partition coefficient (Wildman–Crippen LogP) is 3.88. The molecule has 3 N–H and O–H groups in total. The Morgan fingerprint density at radius 3 is 1.66 bits per heavy atom. The van der Waals surface area contributed by atoms with Crippen LogP contribution < -0.4 is 0 Å². The second-order valence-electron chi connectivity index (χ2n) is 8.41. The number of aromatic nitrogens is 2. The normalized spacial score (nSPS) is 17.6. The molecule has 2 heterocycles. The summed E-state index contributed by atoms with van der Waals surface area (Å²) in [6, 6.07) is 27.5. The molecule has 1 aliphatic heterocycles. The number of carboxylic acid groups (broad SMARTS) is 2. The lowest BCUT2D eigenvalue weighted by Gasteiger charge is -2.36. The number of aliphatic carboxylic acids is 1. The van der Waals surface area contributed by atoms with Gasteiger partial charge in [-0.2, -0.15) is 5.10 Å². The Morgan fingerprint density at radius 1 is 0.800 bits per heavy atom. The van der Waals surface area contributed by atoms with E-state index in [1.54, 1.807) is 10.9 Å². The summed E-state index contributed by atoms with van der Waals surface area (Å²) in [7, 11) is 0. The van der Waals surface area contributed by atoms with E-state index in [-0.39, 0.29) is 12.2 Å². The van der Waals surface area contributed by atoms with Crippen LogP contribution in [-0.2, 0) is 10.3 Å². The number of β-amino-alcohol motifs (C(OH)–C–C–N with tert-alkyl or cyclic N) is 1. The first-order valence-electron chi connectivity index (χ1n) is 11.1. The highest BCUT2D eigenvalue weighted by molar-refractivity contribution is 5.81. The molecule has 3 aromatic carbocycles. The van der Waals surface area contributed by atoms with E-state index in [2.05, 4.69) is 0 Å². The molecule has 0 saturated carbocycles. The Hall–Kier alpha value is -4.43. The zero-order valence-electron chi connectivity index (χ0n) is 18.6. The van der Waals surface area contributed by atoms with Crippen LogP contribution in [0.2, 0.25) is 0 Å². The molecule has 0 fully saturated rings. The average Bonchev–Trinajstić information content (AvgIpc) is 3.32. The highest BCUT2D eigenvalue weighted by Crippen LogP contribution is 2.43. The van der Waals surface area contributed by atoms with E-state index < -0.39 is 29.7 Å². The summed E-state index contributed by atoms with van der Waals surface area (Å²) in [6.45, 7) is -0.361. The second kappa shape index (κ2) is 8.73. The van der Waals surface area contributed by atoms with Gasteiger partial charge in [0.2, 0.25) is 0 Å². The van der Waals surface area contributed by atoms with Crippen molar-refractivity contribution in [2.24, 2.45) is 0 Å². The van der Waals surface area contributed by atoms with Crippen molar-refractivity contribution in [3.63, 3.8) is 0 Å². The van der Waals surface area contributed by atoms with Crippen LogP contribution in [0.1, 0.15) is 40.1 Å². The van der Waals surface area contributed by atoms with Crippen LogP contribution >= 0.6 is 0 Å². The van der Waals surface area contributed by atoms with Gasteiger partial charge in [0.25, 0.3) is 0 Å². The summed E-state index contributed by atoms with van der Waals surface area (Å²) in [5.74, 6) is -1.35. The quantitative estimate of drug-likeness (QED) is 0.382. The lowest BCUT2D eigenvalue weighted by Crippen LogP contribution is -2.44. The van der Waals surface area contributed by atoms with E-state index in [0.717, 1.165) is 16.7 Å². The number of amides is 1. The molecule has 1 aliphatic rings. The number of carboxylic acids is 1. The molecule has 4 aromatic rings. The highest BCUT2D eigenvalue weighted by Gasteiger charge is 2.46. The monoisotopic (exact) mass is 469 g/mol. The number of rotatable bonds is 5. The van der Waals surface area contributed by atoms with Crippen molar-refractivity contribution in [3.8, 4) is 0 Å². The van der Waals surface area contributed by atoms with Crippen LogP contribution in [0, 0.1) is 0 Å². The predicted molar refractivity (Wildman–Crippen MR) is 127 cm³/mol. The number of aliphatic hydroxyl groups is 1. The van der Waals surface area contributed by atoms with Crippen LogP contribution in [0.3, 0.4) is 0 Å². The number of nitrogens with zero attached hydrogens (tertiary/aromatic N) is 3. The zero-order chi connectivity index (χ0) is 24.6. The molecule has 176 valence electrons. The van der Waals surface area contributed by atoms with Gasteiger partial charge < -0.3 is 15.3 Å². The maximum atomic E-state index is 12.2. The Morgan fingerprint density at radius 2 is 1.26 bits per heavy atom. The summed E-state index contributed by atoms with van der Waals surface area (Å²) < 4.78 is 1.65. The molecule has 1 amide bonds. The van der Waals surface area contributed by atoms with Gasteiger partial charge in [0, 0.05) is 11.8 Å². The Labute approximate surface area is 201 Å². The summed E-state index contributed by atoms with van der Waals surface area (Å²) in [5.41, 5.74) is 1.89. The van der Waals surface area contributed by atoms with Crippen LogP contribution in [-0.4, -0.2) is 48.6 Å². The van der Waals surface area contributed by atoms with Gasteiger partial charge in [-0.3, -0.25) is 9.58 Å². The summed E-state index contributed by atoms with van der Waals surface area (Å²) in [4.78, 5) is 24.7. The smallest absolute Gasteiger partial charge is 0.408 e. The maximum Gasteiger partial charge on any atom is 0.408 e. The highest BCUT2D eigenvalue weighted by atomic mass is 16.4. The molecule has 1 aromatic heterocycles. The van der Waals surface area contributed by atoms with E-state index in [1.807, 2.05) is 91.0 Å². The molecule has 0 aliphatic carbocycles. The summed E-state index contributed by atoms with van der Waals surface area (Å²) in [6.07, 6.45) is -1.01. The molecule has 0 saturated heterocycles. The fourth-order valence-electron chi connectivity index (χ4n) is 4.95. The molecule has 5 rings (SSSR count). The second-order valence-corrected chi connectivity index (χ2v) is 8.41. The third-order valence-corrected chi connectivity index (χ3v) is 6.47. The van der Waals surface area contributed by atoms with Gasteiger partial charge in [-0.05, 0) is 16.7 Å². The van der Waals surface area contributed by atoms with Crippen molar-refractivity contribution in [2.45, 2.75) is 17.7 Å². The van der Waals surface area contributed by atoms with Crippen molar-refractivity contribution in [3.05, 3.63) is 125 Å². The Bertz CT molecular complexity index is 1260. The van der Waals surface area contributed by atoms with Gasteiger partial charge in [-0.15, -0.1) is 0 Å². The molecular weight excluding hydrogens is 446 g/mol. The van der Waals surface area contributed by atoms with Crippen molar-refractivity contribution >= 4 is 12.1 Å². The number of carbonyl (C=O) groups is 2. The number of benzene rings is 3. The first-order chi connectivity index (χ1) is 16.9. The standard InChI is InChI=1S/C27H23N3O5/c31-22-17-29(26(34)35)24(25(32)33)23-21(22)16-30(28-23)27(18-10-4-1-5-11-18,19-12-6-2-7-13-19)20-14-8-3-9-15-20/h1-16,22,24,31H,17H2,(H,32,33)(H,34,35). The molecule has 35 heavy (non-hydrogen) atoms. The van der Waals surface area contributed by atoms with E-state index in [1.165, 1.54) is 0 Å². The van der Waals surface area contributed by atoms with E-state index in [4.69, 9.17) is 5.10 Å². The van der Waals surface area contributed by atoms with Crippen LogP contribution in [0.4, 0.5) is 4.79 Å². The summed E-state index contributed by atoms with van der Waals surface area (Å²) in [5, 5.41) is 35.1. The van der Waals surface area contributed by atoms with Crippen molar-refractivity contribution in [2.75, 3.05) is 6.54 Å². The maximum absolute atomic E-state index is 12.2. The third kappa shape index (κ3) is 3.55. The number of hydrogen-bond acceptors (Lipinski definition) is 4. The van der Waals surface area contributed by atoms with E-state index in [9.17, 15) is 24.9 Å². The molecule has 0 bridgehead atoms. The van der Waals surface area contributed by atoms with E-state index >= 15 is 0 Å². The largest absolute Gasteiger partial charge is 0.479 e. The van der Waals surface area contributed by atoms with Gasteiger partial charge in [-0.1, -0.05) is 91.0 Å². The first-order valence-corrected chi connectivity index (χ1v) is 11.1. The minimum absolute atomic E-state index is 0.00539. The van der Waals surface area contributed by atoms with Crippen molar-refractivity contribution in [1.29, 1.82) is 0 Å². The topological polar surface area (TPSA) is 116 Å². The average molecular weight is 469 g/mol. The molecular formula is C27H23N3O5. The fourth-order valence-corrected chi connectivity index (χ4v) is 4.95. The van der Waals surface area contributed by atoms with Gasteiger partial charge in [-0.25, -0.2) is 9.59 Å². The molecule has 2 atom stereocenters. The minimum Gasteiger partial charge on any atom is -0.479 e. The fraction of sp³-hybridized carbons (Fsp3) is 0.148. The van der Waals surface area contributed by atoms with Crippen molar-refractivity contribution in [1.82, 2.24) is 14.7 Å². The molecule has 8 heteroatoms. The lowest BCUT2D eigenvalue weighted by atomic mass is 9.77. The number of aliphatic hydroxyl groups excluding tert-OH is 1. The third-order valence-electron chi connectivity index (χ3n) is 6.47. The molecule has 2 unspecified atom stereocenters. The molecule has 0 spiro atoms. The van der Waals surface area contributed by atoms with Gasteiger partial charge in [0.1, 0.15) is 17.3 Å². The van der Waals surface area contributed by atoms with E-state index in [0.29, 0.717) is 10.5 Å². The van der Waals surface area contributed by atoms with Gasteiger partial charge in [0.05, 0.1) is 6.54 Å². The lowest BCUT2D eigenvalue weighted by molar-refractivity contribution is -0.144. The van der Waals surface area contributed by atoms with Crippen molar-refractivity contribution < 1.29 is 24.9 Å². The first kappa shape index (κ1) is 22.4. The summed E-state index contributed by atoms with van der Waals surface area (Å²) >= 11 is 0. The zero-order valence-corrected chi connectivity index (χ0v) is 18.6. The Balaban J connectivity index is 1.85. The molecule has 0 radical (unpaired) electrons. The number of fused-ring (bicyclic) bond motifs is 1. The van der Waals surface area contributed by atoms with Crippen LogP contribution in [0.15, 0.2) is 97.2 Å².